The van der Waals surface area contributed by atoms with Gasteiger partial charge in [-0.3, -0.25) is 0 Å². The van der Waals surface area contributed by atoms with E-state index >= 15 is 0 Å². The molecule has 234 valence electrons. The van der Waals surface area contributed by atoms with E-state index in [0.717, 1.165) is 70.3 Å². The Morgan fingerprint density at radius 2 is 0.844 bits per heavy atom. The summed E-state index contributed by atoms with van der Waals surface area (Å²) < 4.78 is 10.9. The predicted molar refractivity (Wildman–Crippen MR) is 193 cm³/mol. The Morgan fingerprint density at radius 3 is 1.27 bits per heavy atom. The number of hydrogen-bond acceptors (Lipinski definition) is 6. The summed E-state index contributed by atoms with van der Waals surface area (Å²) in [6.07, 6.45) is 9.99. The Hall–Kier alpha value is -4.29. The third-order valence-electron chi connectivity index (χ3n) is 8.48. The second kappa shape index (κ2) is 15.6. The lowest BCUT2D eigenvalue weighted by Crippen LogP contribution is -2.04. The van der Waals surface area contributed by atoms with Crippen LogP contribution in [0.3, 0.4) is 0 Å². The zero-order chi connectivity index (χ0) is 30.1. The molecule has 45 heavy (non-hydrogen) atoms. The van der Waals surface area contributed by atoms with Crippen LogP contribution in [0.4, 0.5) is 11.4 Å². The highest BCUT2D eigenvalue weighted by atomic mass is 35.5. The standard InChI is InChI=1S/C38H42N4O2.ClH/c1-43-27-19-21-31-35(25-27)41-33-17-11-9-15-29(33)37(31)39-23-13-7-5-3-4-6-8-14-24-40-38-30-16-10-12-18-34(30)42-36-26-28(44-2)20-22-32(36)38;/h9-12,15-22,25-26H,3-8,13-14,23-24H2,1-2H3,(H,39,41)(H,40,42);1H. The van der Waals surface area contributed by atoms with Crippen molar-refractivity contribution in [1.82, 2.24) is 9.97 Å². The van der Waals surface area contributed by atoms with Gasteiger partial charge in [-0.25, -0.2) is 9.97 Å². The zero-order valence-corrected chi connectivity index (χ0v) is 27.1. The molecule has 6 rings (SSSR count). The molecule has 0 atom stereocenters. The van der Waals surface area contributed by atoms with Crippen molar-refractivity contribution in [2.24, 2.45) is 0 Å². The Labute approximate surface area is 272 Å². The SMILES string of the molecule is COc1ccc2c(NCCCCCCCCCCNc3c4ccccc4nc4cc(OC)ccc34)c3ccccc3nc2c1.Cl. The van der Waals surface area contributed by atoms with Crippen LogP contribution in [0.25, 0.3) is 43.6 Å². The monoisotopic (exact) mass is 622 g/mol. The molecule has 2 aromatic heterocycles. The van der Waals surface area contributed by atoms with Crippen LogP contribution in [-0.2, 0) is 0 Å². The highest BCUT2D eigenvalue weighted by molar-refractivity contribution is 6.08. The number of fused-ring (bicyclic) bond motifs is 4. The van der Waals surface area contributed by atoms with E-state index in [9.17, 15) is 0 Å². The lowest BCUT2D eigenvalue weighted by Gasteiger charge is -2.14. The molecule has 0 fully saturated rings. The Bertz CT molecular complexity index is 1740. The molecule has 0 bridgehead atoms. The van der Waals surface area contributed by atoms with E-state index in [1.165, 1.54) is 60.7 Å². The quantitative estimate of drug-likeness (QED) is 0.0877. The smallest absolute Gasteiger partial charge is 0.121 e. The van der Waals surface area contributed by atoms with Crippen LogP contribution in [0.1, 0.15) is 51.4 Å². The molecule has 0 aliphatic carbocycles. The number of hydrogen-bond donors (Lipinski definition) is 2. The van der Waals surface area contributed by atoms with Crippen molar-refractivity contribution in [3.8, 4) is 11.5 Å². The van der Waals surface area contributed by atoms with Crippen molar-refractivity contribution in [3.63, 3.8) is 0 Å². The van der Waals surface area contributed by atoms with Gasteiger partial charge in [0.05, 0.1) is 47.7 Å². The maximum Gasteiger partial charge on any atom is 0.121 e. The molecule has 6 nitrogen and oxygen atoms in total. The molecule has 0 saturated heterocycles. The van der Waals surface area contributed by atoms with Crippen molar-refractivity contribution in [3.05, 3.63) is 84.9 Å². The van der Waals surface area contributed by atoms with Gasteiger partial charge in [-0.05, 0) is 49.2 Å². The van der Waals surface area contributed by atoms with E-state index in [2.05, 4.69) is 59.2 Å². The maximum atomic E-state index is 5.43. The van der Waals surface area contributed by atoms with Gasteiger partial charge in [0, 0.05) is 46.8 Å². The molecule has 7 heteroatoms. The number of anilines is 2. The van der Waals surface area contributed by atoms with Crippen LogP contribution >= 0.6 is 12.4 Å². The molecule has 0 radical (unpaired) electrons. The van der Waals surface area contributed by atoms with Crippen LogP contribution in [0.2, 0.25) is 0 Å². The highest BCUT2D eigenvalue weighted by Gasteiger charge is 2.11. The number of nitrogens with one attached hydrogen (secondary N) is 2. The summed E-state index contributed by atoms with van der Waals surface area (Å²) in [5, 5.41) is 12.1. The fourth-order valence-corrected chi connectivity index (χ4v) is 6.12. The van der Waals surface area contributed by atoms with E-state index < -0.39 is 0 Å². The fourth-order valence-electron chi connectivity index (χ4n) is 6.12. The first kappa shape index (κ1) is 32.1. The normalized spacial score (nSPS) is 11.2. The zero-order valence-electron chi connectivity index (χ0n) is 26.3. The number of nitrogens with zero attached hydrogens (tertiary/aromatic N) is 2. The number of halogens is 1. The van der Waals surface area contributed by atoms with E-state index in [1.807, 2.05) is 36.4 Å². The predicted octanol–water partition coefficient (Wildman–Crippen LogP) is 10.2. The van der Waals surface area contributed by atoms with E-state index in [0.29, 0.717) is 0 Å². The molecular weight excluding hydrogens is 580 g/mol. The summed E-state index contributed by atoms with van der Waals surface area (Å²) >= 11 is 0. The molecule has 0 amide bonds. The minimum Gasteiger partial charge on any atom is -0.497 e. The third-order valence-corrected chi connectivity index (χ3v) is 8.48. The van der Waals surface area contributed by atoms with Crippen LogP contribution < -0.4 is 20.1 Å². The lowest BCUT2D eigenvalue weighted by atomic mass is 10.1. The first-order valence-corrected chi connectivity index (χ1v) is 16.0. The van der Waals surface area contributed by atoms with Crippen molar-refractivity contribution in [2.45, 2.75) is 51.4 Å². The molecule has 0 spiro atoms. The number of ether oxygens (including phenoxy) is 2. The van der Waals surface area contributed by atoms with E-state index in [-0.39, 0.29) is 12.4 Å². The van der Waals surface area contributed by atoms with Gasteiger partial charge in [0.25, 0.3) is 0 Å². The summed E-state index contributed by atoms with van der Waals surface area (Å²) in [5.74, 6) is 1.67. The average molecular weight is 623 g/mol. The van der Waals surface area contributed by atoms with Crippen molar-refractivity contribution < 1.29 is 9.47 Å². The summed E-state index contributed by atoms with van der Waals surface area (Å²) in [4.78, 5) is 9.73. The highest BCUT2D eigenvalue weighted by Crippen LogP contribution is 2.34. The Balaban J connectivity index is 0.00000400. The molecule has 0 unspecified atom stereocenters. The van der Waals surface area contributed by atoms with Crippen LogP contribution in [-0.4, -0.2) is 37.3 Å². The van der Waals surface area contributed by atoms with Gasteiger partial charge in [-0.15, -0.1) is 12.4 Å². The first-order chi connectivity index (χ1) is 21.7. The number of methoxy groups -OCH3 is 2. The molecule has 6 aromatic rings. The summed E-state index contributed by atoms with van der Waals surface area (Å²) in [7, 11) is 3.40. The molecule has 2 N–H and O–H groups in total. The fraction of sp³-hybridized carbons (Fsp3) is 0.316. The van der Waals surface area contributed by atoms with Crippen molar-refractivity contribution in [1.29, 1.82) is 0 Å². The number of unbranched alkanes of at least 4 members (excludes halogenated alkanes) is 7. The van der Waals surface area contributed by atoms with Gasteiger partial charge in [0.2, 0.25) is 0 Å². The van der Waals surface area contributed by atoms with E-state index in [1.54, 1.807) is 14.2 Å². The molecule has 2 heterocycles. The van der Waals surface area contributed by atoms with Gasteiger partial charge in [0.15, 0.2) is 0 Å². The van der Waals surface area contributed by atoms with Gasteiger partial charge < -0.3 is 20.1 Å². The lowest BCUT2D eigenvalue weighted by molar-refractivity contribution is 0.415. The largest absolute Gasteiger partial charge is 0.497 e. The molecule has 0 aliphatic heterocycles. The minimum atomic E-state index is 0. The number of benzene rings is 4. The second-order valence-corrected chi connectivity index (χ2v) is 11.5. The summed E-state index contributed by atoms with van der Waals surface area (Å²) in [5.41, 5.74) is 6.29. The summed E-state index contributed by atoms with van der Waals surface area (Å²) in [6, 6.07) is 29.0. The molecule has 4 aromatic carbocycles. The van der Waals surface area contributed by atoms with E-state index in [4.69, 9.17) is 19.4 Å². The first-order valence-electron chi connectivity index (χ1n) is 16.0. The summed E-state index contributed by atoms with van der Waals surface area (Å²) in [6.45, 7) is 1.93. The maximum absolute atomic E-state index is 5.43. The van der Waals surface area contributed by atoms with Crippen LogP contribution in [0, 0.1) is 0 Å². The van der Waals surface area contributed by atoms with Crippen molar-refractivity contribution >= 4 is 67.4 Å². The molecule has 0 aliphatic rings. The second-order valence-electron chi connectivity index (χ2n) is 11.5. The van der Waals surface area contributed by atoms with Crippen molar-refractivity contribution in [2.75, 3.05) is 37.9 Å². The molecular formula is C38H43ClN4O2. The van der Waals surface area contributed by atoms with Gasteiger partial charge >= 0.3 is 0 Å². The third kappa shape index (κ3) is 7.51. The van der Waals surface area contributed by atoms with Gasteiger partial charge in [-0.2, -0.15) is 0 Å². The van der Waals surface area contributed by atoms with Crippen LogP contribution in [0.15, 0.2) is 84.9 Å². The van der Waals surface area contributed by atoms with Gasteiger partial charge in [0.1, 0.15) is 11.5 Å². The average Bonchev–Trinajstić information content (AvgIpc) is 3.07. The number of para-hydroxylation sites is 2. The van der Waals surface area contributed by atoms with Crippen LogP contribution in [0.5, 0.6) is 11.5 Å². The number of pyridine rings is 2. The number of rotatable bonds is 15. The van der Waals surface area contributed by atoms with Gasteiger partial charge in [-0.1, -0.05) is 74.9 Å². The minimum absolute atomic E-state index is 0. The topological polar surface area (TPSA) is 68.3 Å². The number of aromatic nitrogens is 2. The molecule has 0 saturated carbocycles. The Morgan fingerprint density at radius 1 is 0.467 bits per heavy atom. The Kier molecular flexibility index (Phi) is 11.2.